The zero-order valence-electron chi connectivity index (χ0n) is 14.2. The second kappa shape index (κ2) is 6.89. The molecule has 1 spiro atoms. The number of hydrogen-bond acceptors (Lipinski definition) is 4. The highest BCUT2D eigenvalue weighted by Gasteiger charge is 2.40. The average Bonchev–Trinajstić information content (AvgIpc) is 2.94. The molecule has 1 aromatic rings. The number of carbonyl (C=O) groups is 1. The normalized spacial score (nSPS) is 27.9. The topological polar surface area (TPSA) is 48.7 Å². The predicted octanol–water partition coefficient (Wildman–Crippen LogP) is 1.97. The second-order valence-electron chi connectivity index (χ2n) is 6.96. The molecule has 1 amide bonds. The lowest BCUT2D eigenvalue weighted by molar-refractivity contribution is -0.121. The maximum absolute atomic E-state index is 11.7. The summed E-state index contributed by atoms with van der Waals surface area (Å²) in [5.74, 6) is 1.11. The van der Waals surface area contributed by atoms with E-state index in [9.17, 15) is 4.79 Å². The third-order valence-corrected chi connectivity index (χ3v) is 5.21. The summed E-state index contributed by atoms with van der Waals surface area (Å²) in [6, 6.07) is 3.90. The molecule has 0 aromatic carbocycles. The molecule has 2 fully saturated rings. The number of amides is 1. The Hall–Kier alpha value is -1.59. The van der Waals surface area contributed by atoms with Gasteiger partial charge in [-0.05, 0) is 45.0 Å². The fourth-order valence-corrected chi connectivity index (χ4v) is 3.83. The van der Waals surface area contributed by atoms with Gasteiger partial charge in [0.15, 0.2) is 0 Å². The number of furan rings is 1. The van der Waals surface area contributed by atoms with E-state index in [-0.39, 0.29) is 11.4 Å². The third-order valence-electron chi connectivity index (χ3n) is 5.21. The van der Waals surface area contributed by atoms with E-state index in [1.165, 1.54) is 5.57 Å². The van der Waals surface area contributed by atoms with Crippen LogP contribution in [-0.2, 0) is 4.79 Å². The van der Waals surface area contributed by atoms with Gasteiger partial charge in [-0.2, -0.15) is 0 Å². The standard InChI is InChI=1S/C18H27N3O2/c1-15(12-16-4-3-11-23-16)13-21-10-9-20(2)18(14-21)6-5-17(22)19-8-7-18/h3-4,11-12H,5-10,13-14H2,1-2H3,(H,19,22)/b15-12+/t18-/m1/s1. The fourth-order valence-electron chi connectivity index (χ4n) is 3.83. The monoisotopic (exact) mass is 317 g/mol. The zero-order chi connectivity index (χ0) is 16.3. The molecule has 1 N–H and O–H groups in total. The van der Waals surface area contributed by atoms with Crippen molar-refractivity contribution in [2.75, 3.05) is 39.8 Å². The highest BCUT2D eigenvalue weighted by Crippen LogP contribution is 2.30. The summed E-state index contributed by atoms with van der Waals surface area (Å²) < 4.78 is 5.40. The summed E-state index contributed by atoms with van der Waals surface area (Å²) in [4.78, 5) is 16.7. The highest BCUT2D eigenvalue weighted by atomic mass is 16.3. The molecule has 0 aliphatic carbocycles. The van der Waals surface area contributed by atoms with Crippen LogP contribution >= 0.6 is 0 Å². The molecule has 2 aliphatic heterocycles. The molecular formula is C18H27N3O2. The molecule has 0 unspecified atom stereocenters. The number of piperazine rings is 1. The van der Waals surface area contributed by atoms with Crippen LogP contribution in [0.3, 0.4) is 0 Å². The van der Waals surface area contributed by atoms with E-state index in [2.05, 4.69) is 35.2 Å². The van der Waals surface area contributed by atoms with Gasteiger partial charge in [0.05, 0.1) is 6.26 Å². The number of rotatable bonds is 3. The Morgan fingerprint density at radius 2 is 2.30 bits per heavy atom. The maximum atomic E-state index is 11.7. The van der Waals surface area contributed by atoms with Gasteiger partial charge in [-0.1, -0.05) is 5.57 Å². The molecule has 3 rings (SSSR count). The first kappa shape index (κ1) is 16.3. The van der Waals surface area contributed by atoms with Gasteiger partial charge < -0.3 is 9.73 Å². The molecule has 0 radical (unpaired) electrons. The molecule has 5 nitrogen and oxygen atoms in total. The van der Waals surface area contributed by atoms with E-state index in [0.717, 1.165) is 51.3 Å². The van der Waals surface area contributed by atoms with Crippen LogP contribution in [0.1, 0.15) is 31.9 Å². The van der Waals surface area contributed by atoms with E-state index in [1.54, 1.807) is 6.26 Å². The van der Waals surface area contributed by atoms with Crippen molar-refractivity contribution in [2.45, 2.75) is 31.7 Å². The van der Waals surface area contributed by atoms with Gasteiger partial charge >= 0.3 is 0 Å². The SMILES string of the molecule is C/C(=C\c1ccco1)CN1CCN(C)[C@]2(CCNC(=O)CC2)C1. The molecule has 23 heavy (non-hydrogen) atoms. The number of nitrogens with zero attached hydrogens (tertiary/aromatic N) is 2. The van der Waals surface area contributed by atoms with Crippen LogP contribution in [-0.4, -0.2) is 61.0 Å². The van der Waals surface area contributed by atoms with E-state index in [4.69, 9.17) is 4.42 Å². The summed E-state index contributed by atoms with van der Waals surface area (Å²) in [5.41, 5.74) is 1.44. The third kappa shape index (κ3) is 3.85. The number of likely N-dealkylation sites (N-methyl/N-ethyl adjacent to an activating group) is 1. The summed E-state index contributed by atoms with van der Waals surface area (Å²) >= 11 is 0. The van der Waals surface area contributed by atoms with Crippen LogP contribution in [0.4, 0.5) is 0 Å². The lowest BCUT2D eigenvalue weighted by Crippen LogP contribution is -2.61. The van der Waals surface area contributed by atoms with Crippen molar-refractivity contribution < 1.29 is 9.21 Å². The lowest BCUT2D eigenvalue weighted by atomic mass is 9.86. The van der Waals surface area contributed by atoms with E-state index < -0.39 is 0 Å². The van der Waals surface area contributed by atoms with Crippen molar-refractivity contribution in [1.29, 1.82) is 0 Å². The Labute approximate surface area is 138 Å². The van der Waals surface area contributed by atoms with Crippen LogP contribution in [0.5, 0.6) is 0 Å². The summed E-state index contributed by atoms with van der Waals surface area (Å²) in [5, 5.41) is 3.01. The Morgan fingerprint density at radius 1 is 1.43 bits per heavy atom. The predicted molar refractivity (Wildman–Crippen MR) is 91.0 cm³/mol. The Balaban J connectivity index is 1.66. The molecule has 5 heteroatoms. The zero-order valence-corrected chi connectivity index (χ0v) is 14.2. The maximum Gasteiger partial charge on any atom is 0.220 e. The number of hydrogen-bond donors (Lipinski definition) is 1. The minimum atomic E-state index is 0.127. The van der Waals surface area contributed by atoms with Gasteiger partial charge in [0.1, 0.15) is 5.76 Å². The van der Waals surface area contributed by atoms with Crippen LogP contribution in [0.2, 0.25) is 0 Å². The van der Waals surface area contributed by atoms with Crippen molar-refractivity contribution >= 4 is 12.0 Å². The summed E-state index contributed by atoms with van der Waals surface area (Å²) in [6.45, 7) is 7.06. The van der Waals surface area contributed by atoms with Gasteiger partial charge in [0.25, 0.3) is 0 Å². The summed E-state index contributed by atoms with van der Waals surface area (Å²) in [6.07, 6.45) is 6.45. The molecule has 0 saturated carbocycles. The largest absolute Gasteiger partial charge is 0.465 e. The van der Waals surface area contributed by atoms with Crippen molar-refractivity contribution in [3.05, 3.63) is 29.7 Å². The quantitative estimate of drug-likeness (QED) is 0.926. The molecule has 3 heterocycles. The first-order chi connectivity index (χ1) is 11.1. The fraction of sp³-hybridized carbons (Fsp3) is 0.611. The average molecular weight is 317 g/mol. The van der Waals surface area contributed by atoms with E-state index in [1.807, 2.05) is 12.1 Å². The van der Waals surface area contributed by atoms with Gasteiger partial charge in [-0.3, -0.25) is 14.6 Å². The lowest BCUT2D eigenvalue weighted by Gasteiger charge is -2.49. The Kier molecular flexibility index (Phi) is 4.87. The van der Waals surface area contributed by atoms with Crippen molar-refractivity contribution in [3.63, 3.8) is 0 Å². The molecule has 2 aliphatic rings. The Bertz CT molecular complexity index is 567. The molecule has 1 aromatic heterocycles. The van der Waals surface area contributed by atoms with Crippen LogP contribution in [0.25, 0.3) is 6.08 Å². The van der Waals surface area contributed by atoms with Crippen LogP contribution < -0.4 is 5.32 Å². The minimum Gasteiger partial charge on any atom is -0.465 e. The van der Waals surface area contributed by atoms with Gasteiger partial charge in [0, 0.05) is 44.7 Å². The molecule has 2 saturated heterocycles. The van der Waals surface area contributed by atoms with Crippen molar-refractivity contribution in [2.24, 2.45) is 0 Å². The number of nitrogens with one attached hydrogen (secondary N) is 1. The molecule has 1 atom stereocenters. The van der Waals surface area contributed by atoms with Gasteiger partial charge in [-0.25, -0.2) is 0 Å². The first-order valence-electron chi connectivity index (χ1n) is 8.48. The van der Waals surface area contributed by atoms with Crippen molar-refractivity contribution in [1.82, 2.24) is 15.1 Å². The van der Waals surface area contributed by atoms with Gasteiger partial charge in [-0.15, -0.1) is 0 Å². The Morgan fingerprint density at radius 3 is 3.09 bits per heavy atom. The smallest absolute Gasteiger partial charge is 0.220 e. The van der Waals surface area contributed by atoms with E-state index in [0.29, 0.717) is 6.42 Å². The molecule has 0 bridgehead atoms. The number of carbonyl (C=O) groups excluding carboxylic acids is 1. The minimum absolute atomic E-state index is 0.127. The van der Waals surface area contributed by atoms with Crippen LogP contribution in [0.15, 0.2) is 28.4 Å². The second-order valence-corrected chi connectivity index (χ2v) is 6.96. The highest BCUT2D eigenvalue weighted by molar-refractivity contribution is 5.76. The van der Waals surface area contributed by atoms with Crippen LogP contribution in [0, 0.1) is 0 Å². The molecular weight excluding hydrogens is 290 g/mol. The van der Waals surface area contributed by atoms with E-state index >= 15 is 0 Å². The van der Waals surface area contributed by atoms with Gasteiger partial charge in [0.2, 0.25) is 5.91 Å². The molecule has 126 valence electrons. The van der Waals surface area contributed by atoms with Crippen molar-refractivity contribution in [3.8, 4) is 0 Å². The summed E-state index contributed by atoms with van der Waals surface area (Å²) in [7, 11) is 2.21. The first-order valence-corrected chi connectivity index (χ1v) is 8.48.